The number of amides is 1. The van der Waals surface area contributed by atoms with Gasteiger partial charge in [-0.3, -0.25) is 4.79 Å². The third kappa shape index (κ3) is 54.9. The van der Waals surface area contributed by atoms with E-state index in [2.05, 4.69) is 67.8 Å². The molecule has 0 saturated heterocycles. The number of nitrogens with one attached hydrogen (secondary N) is 1. The number of aliphatic hydroxyl groups excluding tert-OH is 2. The molecular formula is C63H117NO3. The summed E-state index contributed by atoms with van der Waals surface area (Å²) in [6.07, 6.45) is 82.6. The molecule has 4 nitrogen and oxygen atoms in total. The van der Waals surface area contributed by atoms with Gasteiger partial charge in [0, 0.05) is 6.42 Å². The number of carbonyl (C=O) groups excluding carboxylic acids is 1. The van der Waals surface area contributed by atoms with Gasteiger partial charge < -0.3 is 15.5 Å². The third-order valence-electron chi connectivity index (χ3n) is 13.8. The Bertz CT molecular complexity index is 1110. The molecular weight excluding hydrogens is 819 g/mol. The fourth-order valence-electron chi connectivity index (χ4n) is 9.23. The van der Waals surface area contributed by atoms with Crippen LogP contribution in [0.2, 0.25) is 0 Å². The molecule has 0 saturated carbocycles. The molecule has 4 heteroatoms. The Balaban J connectivity index is 3.47. The number of hydrogen-bond acceptors (Lipinski definition) is 3. The van der Waals surface area contributed by atoms with Crippen LogP contribution in [0.25, 0.3) is 0 Å². The molecule has 0 aliphatic rings. The second-order valence-electron chi connectivity index (χ2n) is 20.4. The Hall–Kier alpha value is -1.91. The second-order valence-corrected chi connectivity index (χ2v) is 20.4. The van der Waals surface area contributed by atoms with E-state index in [0.717, 1.165) is 51.4 Å². The van der Waals surface area contributed by atoms with Crippen molar-refractivity contribution in [1.82, 2.24) is 5.32 Å². The molecule has 0 radical (unpaired) electrons. The highest BCUT2D eigenvalue weighted by Gasteiger charge is 2.18. The predicted molar refractivity (Wildman–Crippen MR) is 299 cm³/mol. The number of hydrogen-bond donors (Lipinski definition) is 3. The molecule has 2 atom stereocenters. The van der Waals surface area contributed by atoms with Crippen molar-refractivity contribution in [2.75, 3.05) is 6.61 Å². The summed E-state index contributed by atoms with van der Waals surface area (Å²) in [5.74, 6) is -0.0609. The van der Waals surface area contributed by atoms with Crippen LogP contribution in [0.3, 0.4) is 0 Å². The molecule has 3 N–H and O–H groups in total. The first-order valence-electron chi connectivity index (χ1n) is 30.0. The quantitative estimate of drug-likeness (QED) is 0.0420. The summed E-state index contributed by atoms with van der Waals surface area (Å²) in [5.41, 5.74) is 0. The molecule has 0 fully saturated rings. The van der Waals surface area contributed by atoms with Crippen LogP contribution in [0.1, 0.15) is 316 Å². The van der Waals surface area contributed by atoms with E-state index in [4.69, 9.17) is 0 Å². The van der Waals surface area contributed by atoms with Crippen molar-refractivity contribution in [3.05, 3.63) is 60.8 Å². The zero-order chi connectivity index (χ0) is 48.5. The Kier molecular flexibility index (Phi) is 56.7. The van der Waals surface area contributed by atoms with Crippen molar-refractivity contribution in [1.29, 1.82) is 0 Å². The molecule has 0 aliphatic heterocycles. The molecule has 0 rings (SSSR count). The second kappa shape index (κ2) is 58.4. The molecule has 0 bridgehead atoms. The molecule has 0 aromatic rings. The third-order valence-corrected chi connectivity index (χ3v) is 13.8. The van der Waals surface area contributed by atoms with Gasteiger partial charge in [-0.05, 0) is 57.8 Å². The summed E-state index contributed by atoms with van der Waals surface area (Å²) < 4.78 is 0. The molecule has 392 valence electrons. The van der Waals surface area contributed by atoms with Gasteiger partial charge >= 0.3 is 0 Å². The van der Waals surface area contributed by atoms with Crippen molar-refractivity contribution in [2.45, 2.75) is 328 Å². The van der Waals surface area contributed by atoms with Crippen LogP contribution < -0.4 is 5.32 Å². The highest BCUT2D eigenvalue weighted by molar-refractivity contribution is 5.76. The highest BCUT2D eigenvalue weighted by Crippen LogP contribution is 2.18. The zero-order valence-corrected chi connectivity index (χ0v) is 45.2. The lowest BCUT2D eigenvalue weighted by molar-refractivity contribution is -0.123. The first-order chi connectivity index (χ1) is 33.2. The summed E-state index contributed by atoms with van der Waals surface area (Å²) in [4.78, 5) is 12.5. The van der Waals surface area contributed by atoms with E-state index in [9.17, 15) is 15.0 Å². The van der Waals surface area contributed by atoms with Crippen molar-refractivity contribution in [2.24, 2.45) is 0 Å². The minimum atomic E-state index is -0.842. The van der Waals surface area contributed by atoms with E-state index in [1.165, 1.54) is 244 Å². The van der Waals surface area contributed by atoms with Gasteiger partial charge in [0.15, 0.2) is 0 Å². The van der Waals surface area contributed by atoms with Crippen LogP contribution in [-0.2, 0) is 4.79 Å². The van der Waals surface area contributed by atoms with E-state index >= 15 is 0 Å². The number of aliphatic hydroxyl groups is 2. The Morgan fingerprint density at radius 1 is 0.373 bits per heavy atom. The van der Waals surface area contributed by atoms with Crippen LogP contribution in [-0.4, -0.2) is 34.9 Å². The fraction of sp³-hybridized carbons (Fsp3) is 0.825. The van der Waals surface area contributed by atoms with E-state index in [0.29, 0.717) is 6.42 Å². The van der Waals surface area contributed by atoms with Gasteiger partial charge in [0.05, 0.1) is 18.8 Å². The Morgan fingerprint density at radius 2 is 0.657 bits per heavy atom. The molecule has 0 aromatic carbocycles. The molecule has 1 amide bonds. The zero-order valence-electron chi connectivity index (χ0n) is 45.2. The lowest BCUT2D eigenvalue weighted by atomic mass is 10.0. The summed E-state index contributed by atoms with van der Waals surface area (Å²) in [5, 5.41) is 23.2. The smallest absolute Gasteiger partial charge is 0.220 e. The van der Waals surface area contributed by atoms with Gasteiger partial charge in [-0.1, -0.05) is 312 Å². The number of carbonyl (C=O) groups is 1. The van der Waals surface area contributed by atoms with E-state index in [1.54, 1.807) is 6.08 Å². The molecule has 2 unspecified atom stereocenters. The lowest BCUT2D eigenvalue weighted by Crippen LogP contribution is -2.45. The largest absolute Gasteiger partial charge is 0.394 e. The van der Waals surface area contributed by atoms with E-state index < -0.39 is 12.1 Å². The summed E-state index contributed by atoms with van der Waals surface area (Å²) >= 11 is 0. The average Bonchev–Trinajstić information content (AvgIpc) is 3.33. The minimum Gasteiger partial charge on any atom is -0.394 e. The maximum absolute atomic E-state index is 12.5. The Labute approximate surface area is 419 Å². The molecule has 0 spiro atoms. The van der Waals surface area contributed by atoms with Crippen molar-refractivity contribution < 1.29 is 15.0 Å². The highest BCUT2D eigenvalue weighted by atomic mass is 16.3. The molecule has 0 aromatic heterocycles. The number of unbranched alkanes of at least 4 members (excludes halogenated alkanes) is 40. The van der Waals surface area contributed by atoms with Crippen molar-refractivity contribution in [3.63, 3.8) is 0 Å². The predicted octanol–water partition coefficient (Wildman–Crippen LogP) is 20.0. The van der Waals surface area contributed by atoms with Gasteiger partial charge in [0.25, 0.3) is 0 Å². The summed E-state index contributed by atoms with van der Waals surface area (Å²) in [7, 11) is 0. The number of allylic oxidation sites excluding steroid dienone is 9. The van der Waals surface area contributed by atoms with E-state index in [1.807, 2.05) is 6.08 Å². The van der Waals surface area contributed by atoms with Gasteiger partial charge in [-0.2, -0.15) is 0 Å². The lowest BCUT2D eigenvalue weighted by Gasteiger charge is -2.20. The standard InChI is InChI=1S/C63H117NO3/c1-3-5-7-9-11-13-15-17-19-21-23-25-27-29-31-32-33-35-37-39-41-43-45-47-49-51-53-55-57-59-63(67)64-61(60-65)62(66)58-56-54-52-50-48-46-44-42-40-38-36-34-30-28-26-24-22-20-18-16-14-12-10-8-6-4-2/h5,7,11,13,17,19,23,25,56,58,61-62,65-66H,3-4,6,8-10,12,14-16,18,20-22,24,26-55,57,59-60H2,1-2H3,(H,64,67)/b7-5-,13-11-,19-17-,25-23-,58-56+. The van der Waals surface area contributed by atoms with Gasteiger partial charge in [0.2, 0.25) is 5.91 Å². The van der Waals surface area contributed by atoms with Crippen LogP contribution in [0.4, 0.5) is 0 Å². The minimum absolute atomic E-state index is 0.0609. The van der Waals surface area contributed by atoms with Crippen LogP contribution in [0.15, 0.2) is 60.8 Å². The van der Waals surface area contributed by atoms with Gasteiger partial charge in [0.1, 0.15) is 0 Å². The first-order valence-corrected chi connectivity index (χ1v) is 30.0. The number of rotatable bonds is 55. The van der Waals surface area contributed by atoms with Gasteiger partial charge in [-0.25, -0.2) is 0 Å². The van der Waals surface area contributed by atoms with E-state index in [-0.39, 0.29) is 12.5 Å². The van der Waals surface area contributed by atoms with Crippen LogP contribution in [0, 0.1) is 0 Å². The maximum atomic E-state index is 12.5. The summed E-state index contributed by atoms with van der Waals surface area (Å²) in [6, 6.07) is -0.625. The topological polar surface area (TPSA) is 69.6 Å². The average molecular weight is 937 g/mol. The van der Waals surface area contributed by atoms with Gasteiger partial charge in [-0.15, -0.1) is 0 Å². The molecule has 0 aliphatic carbocycles. The van der Waals surface area contributed by atoms with Crippen LogP contribution >= 0.6 is 0 Å². The van der Waals surface area contributed by atoms with Crippen molar-refractivity contribution >= 4 is 5.91 Å². The molecule has 0 heterocycles. The fourth-order valence-corrected chi connectivity index (χ4v) is 9.23. The molecule has 67 heavy (non-hydrogen) atoms. The Morgan fingerprint density at radius 3 is 0.985 bits per heavy atom. The maximum Gasteiger partial charge on any atom is 0.220 e. The van der Waals surface area contributed by atoms with Crippen LogP contribution in [0.5, 0.6) is 0 Å². The summed E-state index contributed by atoms with van der Waals surface area (Å²) in [6.45, 7) is 4.23. The van der Waals surface area contributed by atoms with Crippen molar-refractivity contribution in [3.8, 4) is 0 Å². The first kappa shape index (κ1) is 65.1. The SMILES string of the molecule is CC/C=C\C/C=C\C/C=C\C/C=C\CCCCCCCCCCCCCCCCCCC(=O)NC(CO)C(O)/C=C/CCCCCCCCCCCCCCCCCCCCCCCCCC. The normalized spacial score (nSPS) is 13.2. The monoisotopic (exact) mass is 936 g/mol.